The van der Waals surface area contributed by atoms with Gasteiger partial charge in [-0.25, -0.2) is 0 Å². The number of fused-ring (bicyclic) bond motifs is 4. The highest BCUT2D eigenvalue weighted by Gasteiger charge is 2.21. The van der Waals surface area contributed by atoms with Crippen molar-refractivity contribution in [3.63, 3.8) is 0 Å². The Hall–Kier alpha value is -3.23. The molecule has 0 amide bonds. The Morgan fingerprint density at radius 2 is 1.72 bits per heavy atom. The quantitative estimate of drug-likeness (QED) is 0.312. The fraction of sp³-hybridized carbons (Fsp3) is 0.276. The van der Waals surface area contributed by atoms with Crippen molar-refractivity contribution < 1.29 is 14.0 Å². The minimum absolute atomic E-state index is 0.0185. The van der Waals surface area contributed by atoms with Crippen LogP contribution in [-0.4, -0.2) is 44.5 Å². The van der Waals surface area contributed by atoms with E-state index in [4.69, 9.17) is 14.0 Å². The van der Waals surface area contributed by atoms with E-state index in [1.165, 1.54) is 25.7 Å². The van der Waals surface area contributed by atoms with E-state index in [1.54, 1.807) is 17.4 Å². The van der Waals surface area contributed by atoms with Gasteiger partial charge in [-0.2, -0.15) is 5.06 Å². The first kappa shape index (κ1) is 22.0. The van der Waals surface area contributed by atoms with E-state index in [0.717, 1.165) is 37.2 Å². The predicted molar refractivity (Wildman–Crippen MR) is 145 cm³/mol. The fourth-order valence-electron chi connectivity index (χ4n) is 5.37. The van der Waals surface area contributed by atoms with Gasteiger partial charge in [0.15, 0.2) is 11.3 Å². The molecule has 4 heterocycles. The van der Waals surface area contributed by atoms with E-state index in [1.807, 2.05) is 12.1 Å². The second kappa shape index (κ2) is 9.01. The summed E-state index contributed by atoms with van der Waals surface area (Å²) in [6.45, 7) is 5.18. The third-order valence-electron chi connectivity index (χ3n) is 7.14. The number of ether oxygens (including phenoxy) is 1. The third kappa shape index (κ3) is 3.71. The molecular weight excluding hydrogens is 472 g/mol. The maximum atomic E-state index is 13.1. The average Bonchev–Trinajstić information content (AvgIpc) is 3.57. The number of hydroxylamine groups is 2. The smallest absolute Gasteiger partial charge is 0.200 e. The molecule has 0 saturated carbocycles. The van der Waals surface area contributed by atoms with Crippen LogP contribution in [-0.2, 0) is 16.1 Å². The molecule has 0 unspecified atom stereocenters. The first-order valence-corrected chi connectivity index (χ1v) is 13.3. The van der Waals surface area contributed by atoms with Crippen LogP contribution >= 0.6 is 11.3 Å². The minimum atomic E-state index is -0.0185. The molecule has 36 heavy (non-hydrogen) atoms. The largest absolute Gasteiger partial charge is 0.440 e. The lowest BCUT2D eigenvalue weighted by molar-refractivity contribution is -0.117. The van der Waals surface area contributed by atoms with Crippen molar-refractivity contribution in [3.05, 3.63) is 76.5 Å². The molecule has 0 spiro atoms. The Kier molecular flexibility index (Phi) is 5.51. The Morgan fingerprint density at radius 3 is 2.58 bits per heavy atom. The fourth-order valence-corrected chi connectivity index (χ4v) is 6.65. The van der Waals surface area contributed by atoms with Crippen molar-refractivity contribution in [2.75, 3.05) is 44.4 Å². The zero-order valence-corrected chi connectivity index (χ0v) is 20.7. The van der Waals surface area contributed by atoms with E-state index in [9.17, 15) is 4.79 Å². The third-order valence-corrected chi connectivity index (χ3v) is 8.34. The number of para-hydroxylation sites is 1. The molecule has 2 fully saturated rings. The Labute approximate surface area is 212 Å². The molecule has 2 aromatic heterocycles. The molecule has 3 aromatic carbocycles. The van der Waals surface area contributed by atoms with Crippen molar-refractivity contribution in [2.24, 2.45) is 0 Å². The highest BCUT2D eigenvalue weighted by atomic mass is 32.1. The summed E-state index contributed by atoms with van der Waals surface area (Å²) in [5, 5.41) is 5.18. The van der Waals surface area contributed by atoms with Crippen LogP contribution in [0.5, 0.6) is 0 Å². The zero-order chi connectivity index (χ0) is 24.1. The van der Waals surface area contributed by atoms with E-state index in [0.29, 0.717) is 43.2 Å². The summed E-state index contributed by atoms with van der Waals surface area (Å²) in [4.78, 5) is 21.1. The molecular formula is C29H26N2O4S. The highest BCUT2D eigenvalue weighted by molar-refractivity contribution is 7.26. The number of anilines is 1. The molecule has 6 nitrogen and oxygen atoms in total. The molecule has 5 aromatic rings. The van der Waals surface area contributed by atoms with Crippen molar-refractivity contribution in [1.82, 2.24) is 5.06 Å². The second-order valence-electron chi connectivity index (χ2n) is 9.36. The van der Waals surface area contributed by atoms with E-state index < -0.39 is 0 Å². The average molecular weight is 499 g/mol. The summed E-state index contributed by atoms with van der Waals surface area (Å²) in [5.74, 6) is 0.610. The number of benzene rings is 3. The standard InChI is InChI=1S/C29H26N2O4S/c32-24-17-26(30-12-15-33-16-13-30)35-28-20(6-3-7-22(24)28)21-10-9-19(18-31-11-4-14-34-31)27-23-5-1-2-8-25(23)36-29(21)27/h1-3,5-10,17H,4,11-16,18H2. The van der Waals surface area contributed by atoms with Crippen LogP contribution in [0, 0.1) is 0 Å². The summed E-state index contributed by atoms with van der Waals surface area (Å²) in [6, 6.07) is 20.5. The Balaban J connectivity index is 1.45. The van der Waals surface area contributed by atoms with Gasteiger partial charge in [-0.05, 0) is 24.1 Å². The maximum absolute atomic E-state index is 13.1. The van der Waals surface area contributed by atoms with Crippen molar-refractivity contribution >= 4 is 48.4 Å². The molecule has 2 saturated heterocycles. The molecule has 0 radical (unpaired) electrons. The van der Waals surface area contributed by atoms with Gasteiger partial charge in [0.25, 0.3) is 0 Å². The minimum Gasteiger partial charge on any atom is -0.440 e. The first-order chi connectivity index (χ1) is 17.8. The summed E-state index contributed by atoms with van der Waals surface area (Å²) in [7, 11) is 0. The summed E-state index contributed by atoms with van der Waals surface area (Å²) >= 11 is 1.79. The number of morpholine rings is 1. The Morgan fingerprint density at radius 1 is 0.861 bits per heavy atom. The first-order valence-electron chi connectivity index (χ1n) is 12.5. The van der Waals surface area contributed by atoms with Crippen LogP contribution in [0.4, 0.5) is 5.88 Å². The molecule has 7 heteroatoms. The topological polar surface area (TPSA) is 55.2 Å². The van der Waals surface area contributed by atoms with E-state index in [2.05, 4.69) is 52.4 Å². The van der Waals surface area contributed by atoms with Crippen LogP contribution in [0.1, 0.15) is 12.0 Å². The van der Waals surface area contributed by atoms with E-state index in [-0.39, 0.29) is 5.43 Å². The number of hydrogen-bond donors (Lipinski definition) is 0. The van der Waals surface area contributed by atoms with Gasteiger partial charge in [0.05, 0.1) is 25.2 Å². The highest BCUT2D eigenvalue weighted by Crippen LogP contribution is 2.43. The number of thiophene rings is 1. The van der Waals surface area contributed by atoms with Gasteiger partial charge in [-0.3, -0.25) is 9.63 Å². The van der Waals surface area contributed by atoms with E-state index >= 15 is 0 Å². The summed E-state index contributed by atoms with van der Waals surface area (Å²) < 4.78 is 14.4. The van der Waals surface area contributed by atoms with Gasteiger partial charge in [-0.15, -0.1) is 11.3 Å². The molecule has 0 bridgehead atoms. The van der Waals surface area contributed by atoms with Crippen molar-refractivity contribution in [3.8, 4) is 11.1 Å². The van der Waals surface area contributed by atoms with Crippen LogP contribution in [0.25, 0.3) is 42.3 Å². The van der Waals surface area contributed by atoms with Gasteiger partial charge in [0.1, 0.15) is 5.58 Å². The summed E-state index contributed by atoms with van der Waals surface area (Å²) in [6.07, 6.45) is 1.06. The van der Waals surface area contributed by atoms with Crippen LogP contribution in [0.3, 0.4) is 0 Å². The monoisotopic (exact) mass is 498 g/mol. The predicted octanol–water partition coefficient (Wildman–Crippen LogP) is 5.80. The van der Waals surface area contributed by atoms with Crippen molar-refractivity contribution in [1.29, 1.82) is 0 Å². The normalized spacial score (nSPS) is 17.1. The number of hydrogen-bond acceptors (Lipinski definition) is 7. The number of rotatable bonds is 4. The second-order valence-corrected chi connectivity index (χ2v) is 10.4. The van der Waals surface area contributed by atoms with Gasteiger partial charge >= 0.3 is 0 Å². The lowest BCUT2D eigenvalue weighted by Crippen LogP contribution is -2.36. The van der Waals surface area contributed by atoms with Gasteiger partial charge in [-0.1, -0.05) is 42.5 Å². The molecule has 7 rings (SSSR count). The van der Waals surface area contributed by atoms with Crippen LogP contribution in [0.2, 0.25) is 0 Å². The lowest BCUT2D eigenvalue weighted by atomic mass is 9.97. The molecule has 182 valence electrons. The SMILES string of the molecule is O=c1cc(N2CCOCC2)oc2c(-c3ccc(CN4CCCO4)c4c3sc3ccccc34)cccc12. The van der Waals surface area contributed by atoms with Crippen LogP contribution in [0.15, 0.2) is 69.9 Å². The molecule has 2 aliphatic heterocycles. The maximum Gasteiger partial charge on any atom is 0.200 e. The number of nitrogens with zero attached hydrogens (tertiary/aromatic N) is 2. The molecule has 2 aliphatic rings. The van der Waals surface area contributed by atoms with Gasteiger partial charge < -0.3 is 14.1 Å². The summed E-state index contributed by atoms with van der Waals surface area (Å²) in [5.41, 5.74) is 3.91. The Bertz CT molecular complexity index is 1640. The van der Waals surface area contributed by atoms with Crippen molar-refractivity contribution in [2.45, 2.75) is 13.0 Å². The van der Waals surface area contributed by atoms with Gasteiger partial charge in [0, 0.05) is 63.5 Å². The molecule has 0 atom stereocenters. The molecule has 0 aliphatic carbocycles. The van der Waals surface area contributed by atoms with Gasteiger partial charge in [0.2, 0.25) is 0 Å². The lowest BCUT2D eigenvalue weighted by Gasteiger charge is -2.27. The van der Waals surface area contributed by atoms with Crippen LogP contribution < -0.4 is 10.3 Å². The zero-order valence-electron chi connectivity index (χ0n) is 19.9. The molecule has 0 N–H and O–H groups in total.